The van der Waals surface area contributed by atoms with Gasteiger partial charge in [0.05, 0.1) is 5.60 Å². The lowest BCUT2D eigenvalue weighted by molar-refractivity contribution is 0.0785. The maximum Gasteiger partial charge on any atom is 0.352 e. The van der Waals surface area contributed by atoms with Gasteiger partial charge in [-0.05, 0) is 66.6 Å². The van der Waals surface area contributed by atoms with Crippen molar-refractivity contribution in [2.24, 2.45) is 9.50 Å². The van der Waals surface area contributed by atoms with Gasteiger partial charge in [0.15, 0.2) is 0 Å². The molecule has 0 aliphatic rings. The van der Waals surface area contributed by atoms with Crippen LogP contribution in [0, 0.1) is 5.82 Å². The molecule has 0 radical (unpaired) electrons. The zero-order valence-electron chi connectivity index (χ0n) is 17.8. The lowest BCUT2D eigenvalue weighted by Crippen LogP contribution is -2.17. The summed E-state index contributed by atoms with van der Waals surface area (Å²) in [7, 11) is -1.15. The summed E-state index contributed by atoms with van der Waals surface area (Å²) in [6.07, 6.45) is 0. The van der Waals surface area contributed by atoms with E-state index in [1.54, 1.807) is 38.1 Å². The molecule has 2 aromatic carbocycles. The van der Waals surface area contributed by atoms with Crippen molar-refractivity contribution in [2.45, 2.75) is 63.9 Å². The molecule has 4 N–H and O–H groups in total. The Kier molecular flexibility index (Phi) is 7.32. The van der Waals surface area contributed by atoms with Crippen LogP contribution in [0.15, 0.2) is 45.7 Å². The van der Waals surface area contributed by atoms with E-state index in [0.717, 1.165) is 16.7 Å². The van der Waals surface area contributed by atoms with Crippen LogP contribution in [0.3, 0.4) is 0 Å². The number of nitrogens with two attached hydrogens (primary N) is 1. The van der Waals surface area contributed by atoms with Crippen LogP contribution < -0.4 is 10.5 Å². The largest absolute Gasteiger partial charge is 0.386 e. The third-order valence-electron chi connectivity index (χ3n) is 4.62. The van der Waals surface area contributed by atoms with Gasteiger partial charge in [0.1, 0.15) is 5.82 Å². The van der Waals surface area contributed by atoms with Crippen LogP contribution in [0.4, 0.5) is 14.9 Å². The van der Waals surface area contributed by atoms with Crippen LogP contribution in [0.5, 0.6) is 0 Å². The van der Waals surface area contributed by atoms with Gasteiger partial charge in [-0.2, -0.15) is 4.36 Å². The number of rotatable bonds is 5. The van der Waals surface area contributed by atoms with E-state index in [-0.39, 0.29) is 17.7 Å². The Morgan fingerprint density at radius 2 is 1.59 bits per heavy atom. The van der Waals surface area contributed by atoms with Gasteiger partial charge in [-0.3, -0.25) is 5.14 Å². The van der Waals surface area contributed by atoms with Gasteiger partial charge in [-0.15, -0.1) is 0 Å². The summed E-state index contributed by atoms with van der Waals surface area (Å²) in [5.41, 5.74) is 1.84. The number of nitrogens with one attached hydrogen (secondary N) is 1. The molecule has 0 spiro atoms. The van der Waals surface area contributed by atoms with Gasteiger partial charge in [-0.25, -0.2) is 9.18 Å². The van der Waals surface area contributed by atoms with Crippen molar-refractivity contribution < 1.29 is 14.3 Å². The fourth-order valence-electron chi connectivity index (χ4n) is 2.98. The smallest absolute Gasteiger partial charge is 0.352 e. The Morgan fingerprint density at radius 3 is 2.00 bits per heavy atom. The summed E-state index contributed by atoms with van der Waals surface area (Å²) in [5, 5.41) is 19.0. The molecule has 0 aliphatic heterocycles. The van der Waals surface area contributed by atoms with Crippen molar-refractivity contribution in [1.29, 1.82) is 0 Å². The predicted molar refractivity (Wildman–Crippen MR) is 118 cm³/mol. The number of halogens is 1. The SMILES string of the molecule is CC(C)c1cc(F)cc(C(C)C)c1NC(=O)N=S(N)c1ccc(C(C)(C)O)cc1. The van der Waals surface area contributed by atoms with E-state index in [1.807, 2.05) is 27.7 Å². The van der Waals surface area contributed by atoms with E-state index in [9.17, 15) is 14.3 Å². The topological polar surface area (TPSA) is 87.7 Å². The first-order valence-corrected chi connectivity index (χ1v) is 10.8. The van der Waals surface area contributed by atoms with Gasteiger partial charge < -0.3 is 10.4 Å². The van der Waals surface area contributed by atoms with Crippen molar-refractivity contribution in [3.63, 3.8) is 0 Å². The van der Waals surface area contributed by atoms with E-state index in [2.05, 4.69) is 9.68 Å². The maximum atomic E-state index is 14.0. The number of carbonyl (C=O) groups excluding carboxylic acids is 1. The number of benzene rings is 2. The number of nitrogens with zero attached hydrogens (tertiary/aromatic N) is 1. The molecular weight excluding hydrogens is 389 g/mol. The molecule has 0 saturated carbocycles. The molecule has 2 aromatic rings. The lowest BCUT2D eigenvalue weighted by atomic mass is 9.92. The minimum Gasteiger partial charge on any atom is -0.386 e. The molecule has 7 heteroatoms. The summed E-state index contributed by atoms with van der Waals surface area (Å²) < 4.78 is 18.1. The zero-order chi connectivity index (χ0) is 21.9. The summed E-state index contributed by atoms with van der Waals surface area (Å²) >= 11 is 0. The first-order valence-electron chi connectivity index (χ1n) is 9.58. The monoisotopic (exact) mass is 419 g/mol. The molecule has 5 nitrogen and oxygen atoms in total. The van der Waals surface area contributed by atoms with Crippen molar-refractivity contribution >= 4 is 22.6 Å². The molecule has 2 amide bonds. The standard InChI is InChI=1S/C22H30FN3O2S/c1-13(2)18-11-16(23)12-19(14(3)4)20(18)25-21(27)26-29(24)17-9-7-15(8-10-17)22(5,6)28/h7-14,28H,1-6H3,(H3,24,25,26,27). The van der Waals surface area contributed by atoms with Crippen LogP contribution >= 0.6 is 0 Å². The molecule has 2 rings (SSSR count). The first-order chi connectivity index (χ1) is 13.4. The molecule has 158 valence electrons. The molecule has 0 bridgehead atoms. The van der Waals surface area contributed by atoms with E-state index < -0.39 is 22.5 Å². The van der Waals surface area contributed by atoms with Gasteiger partial charge in [0, 0.05) is 21.5 Å². The van der Waals surface area contributed by atoms with Crippen LogP contribution in [0.25, 0.3) is 0 Å². The third kappa shape index (κ3) is 5.95. The number of hydrogen-bond acceptors (Lipinski definition) is 2. The quantitative estimate of drug-likeness (QED) is 0.592. The number of urea groups is 1. The Labute approximate surface area is 174 Å². The molecule has 0 heterocycles. The van der Waals surface area contributed by atoms with E-state index in [4.69, 9.17) is 5.14 Å². The highest BCUT2D eigenvalue weighted by Crippen LogP contribution is 2.33. The molecule has 1 atom stereocenters. The second-order valence-corrected chi connectivity index (χ2v) is 9.47. The number of amides is 2. The Bertz CT molecular complexity index is 888. The summed E-state index contributed by atoms with van der Waals surface area (Å²) in [6.45, 7) is 11.2. The van der Waals surface area contributed by atoms with Gasteiger partial charge in [-0.1, -0.05) is 39.8 Å². The maximum absolute atomic E-state index is 14.0. The van der Waals surface area contributed by atoms with E-state index >= 15 is 0 Å². The normalized spacial score (nSPS) is 13.2. The second kappa shape index (κ2) is 9.15. The van der Waals surface area contributed by atoms with Gasteiger partial charge in [0.2, 0.25) is 0 Å². The fourth-order valence-corrected chi connectivity index (χ4v) is 3.72. The highest BCUT2D eigenvalue weighted by Gasteiger charge is 2.19. The first kappa shape index (κ1) is 23.2. The molecule has 1 unspecified atom stereocenters. The number of anilines is 1. The molecule has 0 aliphatic carbocycles. The highest BCUT2D eigenvalue weighted by atomic mass is 32.2. The third-order valence-corrected chi connectivity index (χ3v) is 5.74. The Morgan fingerprint density at radius 1 is 1.10 bits per heavy atom. The highest BCUT2D eigenvalue weighted by molar-refractivity contribution is 7.85. The summed E-state index contributed by atoms with van der Waals surface area (Å²) in [4.78, 5) is 13.3. The van der Waals surface area contributed by atoms with E-state index in [0.29, 0.717) is 10.6 Å². The molecule has 29 heavy (non-hydrogen) atoms. The van der Waals surface area contributed by atoms with Crippen molar-refractivity contribution in [2.75, 3.05) is 5.32 Å². The number of aliphatic hydroxyl groups is 1. The number of hydrogen-bond donors (Lipinski definition) is 3. The average Bonchev–Trinajstić information content (AvgIpc) is 2.61. The summed E-state index contributed by atoms with van der Waals surface area (Å²) in [6, 6.07) is 9.37. The van der Waals surface area contributed by atoms with Crippen molar-refractivity contribution in [1.82, 2.24) is 0 Å². The second-order valence-electron chi connectivity index (χ2n) is 8.19. The fraction of sp³-hybridized carbons (Fsp3) is 0.409. The van der Waals surface area contributed by atoms with Crippen LogP contribution in [0.2, 0.25) is 0 Å². The molecular formula is C22H30FN3O2S. The van der Waals surface area contributed by atoms with Gasteiger partial charge in [0.25, 0.3) is 0 Å². The van der Waals surface area contributed by atoms with Crippen LogP contribution in [-0.4, -0.2) is 11.1 Å². The Balaban J connectivity index is 2.32. The van der Waals surface area contributed by atoms with Crippen LogP contribution in [0.1, 0.15) is 70.1 Å². The number of carbonyl (C=O) groups is 1. The molecule has 0 saturated heterocycles. The Hall–Kier alpha value is -2.09. The zero-order valence-corrected chi connectivity index (χ0v) is 18.6. The molecule has 0 fully saturated rings. The van der Waals surface area contributed by atoms with Crippen LogP contribution in [-0.2, 0) is 16.5 Å². The van der Waals surface area contributed by atoms with Gasteiger partial charge >= 0.3 is 6.03 Å². The summed E-state index contributed by atoms with van der Waals surface area (Å²) in [5.74, 6) is -0.259. The van der Waals surface area contributed by atoms with E-state index in [1.165, 1.54) is 12.1 Å². The minimum atomic E-state index is -1.15. The average molecular weight is 420 g/mol. The van der Waals surface area contributed by atoms with Crippen molar-refractivity contribution in [3.8, 4) is 0 Å². The molecule has 0 aromatic heterocycles. The minimum absolute atomic E-state index is 0.0315. The van der Waals surface area contributed by atoms with Crippen molar-refractivity contribution in [3.05, 3.63) is 58.9 Å². The predicted octanol–water partition coefficient (Wildman–Crippen LogP) is 5.57. The lowest BCUT2D eigenvalue weighted by Gasteiger charge is -2.20.